The van der Waals surface area contributed by atoms with E-state index in [1.807, 2.05) is 31.3 Å². The highest BCUT2D eigenvalue weighted by Crippen LogP contribution is 2.29. The Labute approximate surface area is 183 Å². The number of carbonyl (C=O) groups is 2. The first-order valence-corrected chi connectivity index (χ1v) is 10.2. The maximum Gasteiger partial charge on any atom is 0.339 e. The smallest absolute Gasteiger partial charge is 0.339 e. The first kappa shape index (κ1) is 20.6. The number of fused-ring (bicyclic) bond motifs is 2. The molecule has 0 fully saturated rings. The molecule has 0 saturated heterocycles. The number of hydrogen-bond acceptors (Lipinski definition) is 5. The van der Waals surface area contributed by atoms with Gasteiger partial charge >= 0.3 is 5.97 Å². The van der Waals surface area contributed by atoms with Gasteiger partial charge in [0, 0.05) is 41.2 Å². The predicted octanol–water partition coefficient (Wildman–Crippen LogP) is 4.33. The molecule has 30 heavy (non-hydrogen) atoms. The third-order valence-electron chi connectivity index (χ3n) is 4.98. The highest BCUT2D eigenvalue weighted by Gasteiger charge is 2.25. The van der Waals surface area contributed by atoms with E-state index in [-0.39, 0.29) is 0 Å². The van der Waals surface area contributed by atoms with Crippen molar-refractivity contribution in [3.05, 3.63) is 69.3 Å². The minimum absolute atomic E-state index is 0.344. The molecule has 1 aliphatic heterocycles. The number of pyridine rings is 1. The van der Waals surface area contributed by atoms with Crippen molar-refractivity contribution < 1.29 is 14.3 Å². The summed E-state index contributed by atoms with van der Waals surface area (Å²) in [6.07, 6.45) is 0.755. The Balaban J connectivity index is 1.57. The molecule has 0 saturated carbocycles. The second kappa shape index (κ2) is 8.60. The van der Waals surface area contributed by atoms with Gasteiger partial charge in [-0.2, -0.15) is 0 Å². The Hall–Kier alpha value is -2.67. The molecule has 0 bridgehead atoms. The summed E-state index contributed by atoms with van der Waals surface area (Å²) in [6, 6.07) is 12.2. The fraction of sp³-hybridized carbons (Fsp3) is 0.227. The summed E-state index contributed by atoms with van der Waals surface area (Å²) in [4.78, 5) is 32.2. The Bertz CT molecular complexity index is 1150. The second-order valence-corrected chi connectivity index (χ2v) is 8.01. The number of para-hydroxylation sites is 1. The van der Waals surface area contributed by atoms with E-state index in [1.165, 1.54) is 6.07 Å². The lowest BCUT2D eigenvalue weighted by Crippen LogP contribution is -2.30. The quantitative estimate of drug-likeness (QED) is 0.607. The van der Waals surface area contributed by atoms with Crippen LogP contribution in [0.5, 0.6) is 0 Å². The molecule has 1 amide bonds. The third kappa shape index (κ3) is 4.26. The molecule has 0 unspecified atom stereocenters. The van der Waals surface area contributed by atoms with Crippen LogP contribution in [0.1, 0.15) is 21.6 Å². The number of likely N-dealkylation sites (N-methyl/N-ethyl adjacent to an activating group) is 1. The van der Waals surface area contributed by atoms with Gasteiger partial charge in [-0.05, 0) is 31.3 Å². The van der Waals surface area contributed by atoms with Gasteiger partial charge in [0.05, 0.1) is 21.8 Å². The lowest BCUT2D eigenvalue weighted by Gasteiger charge is -2.26. The monoisotopic (exact) mass is 443 g/mol. The number of nitrogens with one attached hydrogen (secondary N) is 1. The molecule has 0 radical (unpaired) electrons. The van der Waals surface area contributed by atoms with Gasteiger partial charge in [-0.3, -0.25) is 9.78 Å². The summed E-state index contributed by atoms with van der Waals surface area (Å²) >= 11 is 12.0. The summed E-state index contributed by atoms with van der Waals surface area (Å²) in [5, 5.41) is 4.11. The molecule has 0 spiro atoms. The Morgan fingerprint density at radius 3 is 2.83 bits per heavy atom. The second-order valence-electron chi connectivity index (χ2n) is 7.17. The van der Waals surface area contributed by atoms with Crippen molar-refractivity contribution in [2.24, 2.45) is 0 Å². The van der Waals surface area contributed by atoms with Gasteiger partial charge in [-0.1, -0.05) is 41.4 Å². The van der Waals surface area contributed by atoms with E-state index in [0.29, 0.717) is 27.8 Å². The van der Waals surface area contributed by atoms with Crippen LogP contribution >= 0.6 is 23.2 Å². The fourth-order valence-corrected chi connectivity index (χ4v) is 3.88. The van der Waals surface area contributed by atoms with Crippen LogP contribution in [0.2, 0.25) is 10.0 Å². The molecule has 0 aliphatic carbocycles. The number of amides is 1. The van der Waals surface area contributed by atoms with Crippen molar-refractivity contribution in [2.75, 3.05) is 25.5 Å². The maximum absolute atomic E-state index is 13.0. The molecule has 3 aromatic rings. The SMILES string of the molecule is CN1CCc2nc3ccccc3c(C(=O)OCC(=O)Nc3cc(Cl)ccc3Cl)c2C1. The van der Waals surface area contributed by atoms with Gasteiger partial charge in [-0.25, -0.2) is 4.79 Å². The van der Waals surface area contributed by atoms with Crippen molar-refractivity contribution in [3.8, 4) is 0 Å². The number of anilines is 1. The Kier molecular flexibility index (Phi) is 5.90. The van der Waals surface area contributed by atoms with Crippen LogP contribution in [0.25, 0.3) is 10.9 Å². The molecule has 0 atom stereocenters. The van der Waals surface area contributed by atoms with Crippen LogP contribution in [-0.4, -0.2) is 42.0 Å². The first-order chi connectivity index (χ1) is 14.4. The number of benzene rings is 2. The highest BCUT2D eigenvalue weighted by atomic mass is 35.5. The van der Waals surface area contributed by atoms with Crippen LogP contribution in [0.15, 0.2) is 42.5 Å². The molecule has 2 heterocycles. The van der Waals surface area contributed by atoms with Crippen LogP contribution in [0.3, 0.4) is 0 Å². The molecular formula is C22H19Cl2N3O3. The van der Waals surface area contributed by atoms with Crippen molar-refractivity contribution in [3.63, 3.8) is 0 Å². The van der Waals surface area contributed by atoms with Crippen LogP contribution in [-0.2, 0) is 22.5 Å². The Morgan fingerprint density at radius 2 is 2.00 bits per heavy atom. The maximum atomic E-state index is 13.0. The van der Waals surface area contributed by atoms with Gasteiger partial charge < -0.3 is 15.0 Å². The largest absolute Gasteiger partial charge is 0.452 e. The topological polar surface area (TPSA) is 71.5 Å². The van der Waals surface area contributed by atoms with Crippen LogP contribution in [0, 0.1) is 0 Å². The summed E-state index contributed by atoms with van der Waals surface area (Å²) in [7, 11) is 2.00. The fourth-order valence-electron chi connectivity index (χ4n) is 3.54. The molecule has 6 nitrogen and oxygen atoms in total. The zero-order chi connectivity index (χ0) is 21.3. The van der Waals surface area contributed by atoms with Gasteiger partial charge in [0.25, 0.3) is 5.91 Å². The van der Waals surface area contributed by atoms with E-state index in [0.717, 1.165) is 35.1 Å². The standard InChI is InChI=1S/C22H19Cl2N3O3/c1-27-9-8-18-15(11-27)21(14-4-2-3-5-17(14)25-18)22(29)30-12-20(28)26-19-10-13(23)6-7-16(19)24/h2-7,10H,8-9,11-12H2,1H3,(H,26,28). The highest BCUT2D eigenvalue weighted by molar-refractivity contribution is 6.35. The number of nitrogens with zero attached hydrogens (tertiary/aromatic N) is 2. The molecule has 8 heteroatoms. The van der Waals surface area contributed by atoms with E-state index >= 15 is 0 Å². The normalized spacial score (nSPS) is 13.7. The molecule has 4 rings (SSSR count). The number of ether oxygens (including phenoxy) is 1. The van der Waals surface area contributed by atoms with Gasteiger partial charge in [0.2, 0.25) is 0 Å². The number of esters is 1. The molecule has 1 N–H and O–H groups in total. The first-order valence-electron chi connectivity index (χ1n) is 9.43. The van der Waals surface area contributed by atoms with E-state index in [2.05, 4.69) is 10.2 Å². The average Bonchev–Trinajstić information content (AvgIpc) is 2.73. The number of aromatic nitrogens is 1. The summed E-state index contributed by atoms with van der Waals surface area (Å²) in [6.45, 7) is 1.03. The van der Waals surface area contributed by atoms with E-state index in [4.69, 9.17) is 32.9 Å². The van der Waals surface area contributed by atoms with E-state index < -0.39 is 18.5 Å². The van der Waals surface area contributed by atoms with Crippen molar-refractivity contribution in [1.29, 1.82) is 0 Å². The van der Waals surface area contributed by atoms with Crippen LogP contribution in [0.4, 0.5) is 5.69 Å². The van der Waals surface area contributed by atoms with E-state index in [9.17, 15) is 9.59 Å². The molecule has 1 aliphatic rings. The lowest BCUT2D eigenvalue weighted by molar-refractivity contribution is -0.119. The van der Waals surface area contributed by atoms with Gasteiger partial charge in [0.1, 0.15) is 0 Å². The predicted molar refractivity (Wildman–Crippen MR) is 117 cm³/mol. The molecule has 154 valence electrons. The minimum Gasteiger partial charge on any atom is -0.452 e. The van der Waals surface area contributed by atoms with Gasteiger partial charge in [0.15, 0.2) is 6.61 Å². The lowest BCUT2D eigenvalue weighted by atomic mass is 9.96. The van der Waals surface area contributed by atoms with E-state index in [1.54, 1.807) is 12.1 Å². The summed E-state index contributed by atoms with van der Waals surface area (Å²) in [5.41, 5.74) is 3.32. The minimum atomic E-state index is -0.549. The van der Waals surface area contributed by atoms with Gasteiger partial charge in [-0.15, -0.1) is 0 Å². The zero-order valence-corrected chi connectivity index (χ0v) is 17.8. The summed E-state index contributed by atoms with van der Waals surface area (Å²) < 4.78 is 5.37. The summed E-state index contributed by atoms with van der Waals surface area (Å²) in [5.74, 6) is -1.05. The molecular weight excluding hydrogens is 425 g/mol. The molecule has 2 aromatic carbocycles. The Morgan fingerprint density at radius 1 is 1.20 bits per heavy atom. The third-order valence-corrected chi connectivity index (χ3v) is 5.54. The van der Waals surface area contributed by atoms with Crippen molar-refractivity contribution in [2.45, 2.75) is 13.0 Å². The van der Waals surface area contributed by atoms with Crippen molar-refractivity contribution >= 4 is 51.7 Å². The zero-order valence-electron chi connectivity index (χ0n) is 16.2. The van der Waals surface area contributed by atoms with Crippen LogP contribution < -0.4 is 5.32 Å². The number of rotatable bonds is 4. The number of hydrogen-bond donors (Lipinski definition) is 1. The number of halogens is 2. The van der Waals surface area contributed by atoms with Crippen molar-refractivity contribution in [1.82, 2.24) is 9.88 Å². The number of carbonyl (C=O) groups excluding carboxylic acids is 2. The average molecular weight is 444 g/mol. The molecule has 1 aromatic heterocycles.